The maximum atomic E-state index is 13.7. The lowest BCUT2D eigenvalue weighted by atomic mass is 10.0. The van der Waals surface area contributed by atoms with Crippen LogP contribution in [0.3, 0.4) is 0 Å². The zero-order chi connectivity index (χ0) is 26.6. The lowest BCUT2D eigenvalue weighted by Gasteiger charge is -2.19. The highest BCUT2D eigenvalue weighted by Gasteiger charge is 2.35. The van der Waals surface area contributed by atoms with Crippen molar-refractivity contribution in [3.8, 4) is 28.4 Å². The summed E-state index contributed by atoms with van der Waals surface area (Å²) >= 11 is 0. The van der Waals surface area contributed by atoms with E-state index < -0.39 is 0 Å². The van der Waals surface area contributed by atoms with Gasteiger partial charge < -0.3 is 24.0 Å². The van der Waals surface area contributed by atoms with E-state index in [1.54, 1.807) is 0 Å². The Kier molecular flexibility index (Phi) is 11.7. The Balaban J connectivity index is 1.86. The molecule has 2 aromatic carbocycles. The third kappa shape index (κ3) is 7.26. The van der Waals surface area contributed by atoms with Gasteiger partial charge >= 0.3 is 0 Å². The van der Waals surface area contributed by atoms with Crippen molar-refractivity contribution in [2.75, 3.05) is 59.1 Å². The first-order valence-electron chi connectivity index (χ1n) is 14.3. The van der Waals surface area contributed by atoms with Gasteiger partial charge in [-0.1, -0.05) is 53.2 Å². The molecule has 204 valence electrons. The van der Waals surface area contributed by atoms with Crippen LogP contribution < -0.4 is 14.2 Å². The molecule has 0 spiro atoms. The Labute approximate surface area is 223 Å². The third-order valence-electron chi connectivity index (χ3n) is 7.17. The van der Waals surface area contributed by atoms with Gasteiger partial charge in [0.25, 0.3) is 0 Å². The first-order valence-corrected chi connectivity index (χ1v) is 14.3. The van der Waals surface area contributed by atoms with E-state index in [-0.39, 0.29) is 5.78 Å². The molecule has 0 bridgehead atoms. The fraction of sp³-hybridized carbons (Fsp3) is 0.581. The first kappa shape index (κ1) is 29.0. The predicted molar refractivity (Wildman–Crippen MR) is 152 cm³/mol. The Morgan fingerprint density at radius 3 is 1.59 bits per heavy atom. The second-order valence-electron chi connectivity index (χ2n) is 9.48. The fourth-order valence-electron chi connectivity index (χ4n) is 4.86. The van der Waals surface area contributed by atoms with Gasteiger partial charge in [-0.05, 0) is 63.6 Å². The largest absolute Gasteiger partial charge is 0.493 e. The number of ketones is 1. The molecule has 0 unspecified atom stereocenters. The fourth-order valence-corrected chi connectivity index (χ4v) is 4.86. The van der Waals surface area contributed by atoms with E-state index in [0.717, 1.165) is 87.6 Å². The van der Waals surface area contributed by atoms with Crippen LogP contribution in [0.25, 0.3) is 11.1 Å². The number of carbonyl (C=O) groups excluding carboxylic acids is 1. The number of fused-ring (bicyclic) bond motifs is 3. The molecule has 1 aliphatic rings. The zero-order valence-electron chi connectivity index (χ0n) is 23.6. The first-order chi connectivity index (χ1) is 18.1. The van der Waals surface area contributed by atoms with E-state index in [2.05, 4.69) is 44.4 Å². The second-order valence-corrected chi connectivity index (χ2v) is 9.48. The molecule has 0 atom stereocenters. The molecule has 3 rings (SSSR count). The normalized spacial score (nSPS) is 12.2. The zero-order valence-corrected chi connectivity index (χ0v) is 23.6. The van der Waals surface area contributed by atoms with E-state index >= 15 is 0 Å². The molecule has 0 N–H and O–H groups in total. The molecule has 0 saturated carbocycles. The minimum atomic E-state index is -0.0155. The Hall–Kier alpha value is -2.57. The second kappa shape index (κ2) is 15.0. The van der Waals surface area contributed by atoms with Gasteiger partial charge in [-0.15, -0.1) is 0 Å². The number of rotatable bonds is 18. The quantitative estimate of drug-likeness (QED) is 0.187. The van der Waals surface area contributed by atoms with Crippen LogP contribution in [0.2, 0.25) is 0 Å². The summed E-state index contributed by atoms with van der Waals surface area (Å²) < 4.78 is 18.7. The number of nitrogens with zero attached hydrogens (tertiary/aromatic N) is 2. The lowest BCUT2D eigenvalue weighted by Crippen LogP contribution is -2.25. The molecule has 0 heterocycles. The number of hydrogen-bond donors (Lipinski definition) is 0. The van der Waals surface area contributed by atoms with E-state index in [9.17, 15) is 4.79 Å². The highest BCUT2D eigenvalue weighted by atomic mass is 16.5. The van der Waals surface area contributed by atoms with Crippen molar-refractivity contribution in [2.24, 2.45) is 0 Å². The Morgan fingerprint density at radius 1 is 0.595 bits per heavy atom. The van der Waals surface area contributed by atoms with Crippen LogP contribution >= 0.6 is 0 Å². The lowest BCUT2D eigenvalue weighted by molar-refractivity contribution is 0.103. The van der Waals surface area contributed by atoms with Crippen LogP contribution in [0.15, 0.2) is 30.3 Å². The van der Waals surface area contributed by atoms with Crippen LogP contribution in [0.5, 0.6) is 17.2 Å². The molecule has 0 amide bonds. The SMILES string of the molecule is CCCCOc1ccc(OCCCN(CC)CC)c2c1-c1c(OCCCN(CC)CC)cccc1C2=O. The summed E-state index contributed by atoms with van der Waals surface area (Å²) in [6, 6.07) is 9.61. The Morgan fingerprint density at radius 2 is 1.08 bits per heavy atom. The smallest absolute Gasteiger partial charge is 0.198 e. The van der Waals surface area contributed by atoms with Crippen molar-refractivity contribution in [2.45, 2.75) is 60.3 Å². The van der Waals surface area contributed by atoms with Gasteiger partial charge in [0.05, 0.1) is 25.4 Å². The van der Waals surface area contributed by atoms with Crippen molar-refractivity contribution in [3.05, 3.63) is 41.5 Å². The van der Waals surface area contributed by atoms with Crippen molar-refractivity contribution in [3.63, 3.8) is 0 Å². The van der Waals surface area contributed by atoms with Gasteiger partial charge in [0, 0.05) is 29.8 Å². The number of benzene rings is 2. The summed E-state index contributed by atoms with van der Waals surface area (Å²) in [6.07, 6.45) is 3.85. The predicted octanol–water partition coefficient (Wildman–Crippen LogP) is 6.30. The molecular formula is C31H46N2O4. The van der Waals surface area contributed by atoms with Crippen LogP contribution in [0.1, 0.15) is 76.2 Å². The van der Waals surface area contributed by atoms with E-state index in [1.165, 1.54) is 0 Å². The minimum absolute atomic E-state index is 0.0155. The number of ether oxygens (including phenoxy) is 3. The highest BCUT2D eigenvalue weighted by molar-refractivity contribution is 6.25. The molecule has 0 fully saturated rings. The van der Waals surface area contributed by atoms with Gasteiger partial charge in [0.15, 0.2) is 5.78 Å². The van der Waals surface area contributed by atoms with Gasteiger partial charge in [-0.3, -0.25) is 4.79 Å². The molecule has 1 aliphatic carbocycles. The van der Waals surface area contributed by atoms with Crippen LogP contribution in [-0.4, -0.2) is 74.7 Å². The molecule has 0 radical (unpaired) electrons. The van der Waals surface area contributed by atoms with Crippen LogP contribution in [0.4, 0.5) is 0 Å². The van der Waals surface area contributed by atoms with Gasteiger partial charge in [0.2, 0.25) is 0 Å². The average Bonchev–Trinajstić information content (AvgIpc) is 3.23. The number of unbranched alkanes of at least 4 members (excludes halogenated alkanes) is 1. The average molecular weight is 511 g/mol. The van der Waals surface area contributed by atoms with Crippen molar-refractivity contribution < 1.29 is 19.0 Å². The van der Waals surface area contributed by atoms with E-state index in [1.807, 2.05) is 30.3 Å². The highest BCUT2D eigenvalue weighted by Crippen LogP contribution is 2.50. The summed E-state index contributed by atoms with van der Waals surface area (Å²) in [5.41, 5.74) is 2.92. The molecule has 6 nitrogen and oxygen atoms in total. The van der Waals surface area contributed by atoms with Crippen molar-refractivity contribution in [1.82, 2.24) is 9.80 Å². The number of hydrogen-bond acceptors (Lipinski definition) is 6. The van der Waals surface area contributed by atoms with Crippen molar-refractivity contribution in [1.29, 1.82) is 0 Å². The molecule has 0 saturated heterocycles. The topological polar surface area (TPSA) is 51.2 Å². The molecule has 37 heavy (non-hydrogen) atoms. The van der Waals surface area contributed by atoms with Gasteiger partial charge in [-0.25, -0.2) is 0 Å². The maximum absolute atomic E-state index is 13.7. The van der Waals surface area contributed by atoms with Gasteiger partial charge in [-0.2, -0.15) is 0 Å². The van der Waals surface area contributed by atoms with Crippen molar-refractivity contribution >= 4 is 5.78 Å². The maximum Gasteiger partial charge on any atom is 0.198 e. The molecule has 2 aromatic rings. The van der Waals surface area contributed by atoms with E-state index in [0.29, 0.717) is 36.7 Å². The summed E-state index contributed by atoms with van der Waals surface area (Å²) in [5, 5.41) is 0. The summed E-state index contributed by atoms with van der Waals surface area (Å²) in [6.45, 7) is 18.7. The monoisotopic (exact) mass is 510 g/mol. The Bertz CT molecular complexity index is 999. The van der Waals surface area contributed by atoms with Crippen LogP contribution in [0, 0.1) is 0 Å². The summed E-state index contributed by atoms with van der Waals surface area (Å²) in [5.74, 6) is 2.08. The molecule has 0 aromatic heterocycles. The molecule has 0 aliphatic heterocycles. The summed E-state index contributed by atoms with van der Waals surface area (Å²) in [7, 11) is 0. The third-order valence-corrected chi connectivity index (χ3v) is 7.17. The minimum Gasteiger partial charge on any atom is -0.493 e. The molecule has 6 heteroatoms. The standard InChI is InChI=1S/C31H46N2O4/c1-6-11-21-35-26-17-18-27(37-23-14-20-33(9-4)10-5)30-29(26)28-24(31(30)34)15-12-16-25(28)36-22-13-19-32(7-2)8-3/h12,15-18H,6-11,13-14,19-23H2,1-5H3. The van der Waals surface area contributed by atoms with E-state index in [4.69, 9.17) is 14.2 Å². The van der Waals surface area contributed by atoms with Gasteiger partial charge in [0.1, 0.15) is 17.2 Å². The summed E-state index contributed by atoms with van der Waals surface area (Å²) in [4.78, 5) is 18.4. The number of carbonyl (C=O) groups is 1. The molecular weight excluding hydrogens is 464 g/mol. The van der Waals surface area contributed by atoms with Crippen LogP contribution in [-0.2, 0) is 0 Å².